The molecular formula is C13H17ClO5. The van der Waals surface area contributed by atoms with E-state index < -0.39 is 18.2 Å². The van der Waals surface area contributed by atoms with Gasteiger partial charge in [-0.25, -0.2) is 4.79 Å². The quantitative estimate of drug-likeness (QED) is 0.613. The maximum absolute atomic E-state index is 11.5. The van der Waals surface area contributed by atoms with Crippen molar-refractivity contribution in [2.45, 2.75) is 18.6 Å². The highest BCUT2D eigenvalue weighted by Gasteiger charge is 2.21. The Labute approximate surface area is 116 Å². The molecule has 0 aliphatic rings. The molecule has 0 aliphatic heterocycles. The van der Waals surface area contributed by atoms with Crippen LogP contribution in [0.25, 0.3) is 0 Å². The molecule has 1 aromatic carbocycles. The largest absolute Gasteiger partial charge is 0.496 e. The molecule has 1 rings (SSSR count). The van der Waals surface area contributed by atoms with E-state index in [1.165, 1.54) is 32.4 Å². The van der Waals surface area contributed by atoms with E-state index in [1.54, 1.807) is 0 Å². The van der Waals surface area contributed by atoms with E-state index in [9.17, 15) is 15.0 Å². The summed E-state index contributed by atoms with van der Waals surface area (Å²) in [6.45, 7) is 0. The summed E-state index contributed by atoms with van der Waals surface area (Å²) in [6, 6.07) is 4.52. The predicted octanol–water partition coefficient (Wildman–Crippen LogP) is 1.50. The molecule has 106 valence electrons. The van der Waals surface area contributed by atoms with Gasteiger partial charge >= 0.3 is 5.97 Å². The molecule has 0 heterocycles. The summed E-state index contributed by atoms with van der Waals surface area (Å²) >= 11 is 5.52. The first-order valence-electron chi connectivity index (χ1n) is 5.73. The van der Waals surface area contributed by atoms with Gasteiger partial charge in [0.05, 0.1) is 20.3 Å². The van der Waals surface area contributed by atoms with Gasteiger partial charge in [0.15, 0.2) is 0 Å². The second-order valence-electron chi connectivity index (χ2n) is 3.94. The van der Waals surface area contributed by atoms with E-state index in [0.717, 1.165) is 0 Å². The minimum atomic E-state index is -1.08. The van der Waals surface area contributed by atoms with Crippen molar-refractivity contribution >= 4 is 17.6 Å². The minimum absolute atomic E-state index is 0.246. The van der Waals surface area contributed by atoms with E-state index in [-0.39, 0.29) is 23.6 Å². The van der Waals surface area contributed by atoms with Gasteiger partial charge < -0.3 is 19.7 Å². The van der Waals surface area contributed by atoms with Crippen LogP contribution in [0.4, 0.5) is 0 Å². The summed E-state index contributed by atoms with van der Waals surface area (Å²) < 4.78 is 9.70. The number of alkyl halides is 1. The van der Waals surface area contributed by atoms with E-state index >= 15 is 0 Å². The third-order valence-electron chi connectivity index (χ3n) is 2.74. The monoisotopic (exact) mass is 288 g/mol. The number of hydrogen-bond acceptors (Lipinski definition) is 5. The van der Waals surface area contributed by atoms with Crippen LogP contribution >= 0.6 is 11.6 Å². The van der Waals surface area contributed by atoms with Crippen molar-refractivity contribution in [1.29, 1.82) is 0 Å². The van der Waals surface area contributed by atoms with Crippen LogP contribution in [0.2, 0.25) is 0 Å². The molecule has 0 saturated carbocycles. The molecule has 5 nitrogen and oxygen atoms in total. The topological polar surface area (TPSA) is 76.0 Å². The Morgan fingerprint density at radius 2 is 2.05 bits per heavy atom. The van der Waals surface area contributed by atoms with E-state index in [1.807, 2.05) is 0 Å². The van der Waals surface area contributed by atoms with Crippen molar-refractivity contribution in [2.75, 3.05) is 20.1 Å². The molecule has 1 aromatic rings. The third kappa shape index (κ3) is 3.83. The average Bonchev–Trinajstić information content (AvgIpc) is 2.45. The first kappa shape index (κ1) is 15.8. The van der Waals surface area contributed by atoms with Crippen molar-refractivity contribution in [2.24, 2.45) is 0 Å². The van der Waals surface area contributed by atoms with Crippen LogP contribution in [-0.4, -0.2) is 42.4 Å². The van der Waals surface area contributed by atoms with Gasteiger partial charge in [-0.15, -0.1) is 11.6 Å². The van der Waals surface area contributed by atoms with Crippen LogP contribution in [0.5, 0.6) is 5.75 Å². The second-order valence-corrected chi connectivity index (χ2v) is 4.32. The SMILES string of the molecule is COC(=O)c1ccc(C(O)C(O)CCCl)cc1OC. The Bertz CT molecular complexity index is 435. The first-order chi connectivity index (χ1) is 9.04. The molecule has 0 spiro atoms. The number of rotatable bonds is 6. The fourth-order valence-electron chi connectivity index (χ4n) is 1.66. The summed E-state index contributed by atoms with van der Waals surface area (Å²) in [7, 11) is 2.68. The number of esters is 1. The summed E-state index contributed by atoms with van der Waals surface area (Å²) in [5.74, 6) is -0.00374. The van der Waals surface area contributed by atoms with Gasteiger partial charge in [-0.2, -0.15) is 0 Å². The number of aliphatic hydroxyl groups excluding tert-OH is 2. The highest BCUT2D eigenvalue weighted by molar-refractivity contribution is 6.17. The zero-order valence-corrected chi connectivity index (χ0v) is 11.6. The van der Waals surface area contributed by atoms with Crippen molar-refractivity contribution in [3.8, 4) is 5.75 Å². The number of carbonyl (C=O) groups excluding carboxylic acids is 1. The van der Waals surface area contributed by atoms with Crippen LogP contribution in [0.3, 0.4) is 0 Å². The number of methoxy groups -OCH3 is 2. The number of benzene rings is 1. The van der Waals surface area contributed by atoms with E-state index in [2.05, 4.69) is 4.74 Å². The van der Waals surface area contributed by atoms with Gasteiger partial charge in [0.1, 0.15) is 17.4 Å². The maximum Gasteiger partial charge on any atom is 0.341 e. The molecule has 0 radical (unpaired) electrons. The molecule has 2 atom stereocenters. The zero-order chi connectivity index (χ0) is 14.4. The van der Waals surface area contributed by atoms with Crippen molar-refractivity contribution < 1.29 is 24.5 Å². The Hall–Kier alpha value is -1.30. The summed E-state index contributed by atoms with van der Waals surface area (Å²) in [6.07, 6.45) is -1.78. The fraction of sp³-hybridized carbons (Fsp3) is 0.462. The van der Waals surface area contributed by atoms with Crippen molar-refractivity contribution in [1.82, 2.24) is 0 Å². The van der Waals surface area contributed by atoms with Gasteiger partial charge in [0.2, 0.25) is 0 Å². The van der Waals surface area contributed by atoms with E-state index in [0.29, 0.717) is 5.56 Å². The van der Waals surface area contributed by atoms with Crippen LogP contribution in [0, 0.1) is 0 Å². The van der Waals surface area contributed by atoms with E-state index in [4.69, 9.17) is 16.3 Å². The molecule has 0 amide bonds. The van der Waals surface area contributed by atoms with Crippen molar-refractivity contribution in [3.63, 3.8) is 0 Å². The molecule has 0 aromatic heterocycles. The summed E-state index contributed by atoms with van der Waals surface area (Å²) in [4.78, 5) is 11.5. The summed E-state index contributed by atoms with van der Waals surface area (Å²) in [5, 5.41) is 19.6. The van der Waals surface area contributed by atoms with Gasteiger partial charge in [-0.05, 0) is 24.1 Å². The third-order valence-corrected chi connectivity index (χ3v) is 2.96. The molecular weight excluding hydrogens is 272 g/mol. The predicted molar refractivity (Wildman–Crippen MR) is 70.6 cm³/mol. The second kappa shape index (κ2) is 7.33. The molecule has 0 saturated heterocycles. The molecule has 0 fully saturated rings. The number of carbonyl (C=O) groups is 1. The number of ether oxygens (including phenoxy) is 2. The Balaban J connectivity index is 3.02. The lowest BCUT2D eigenvalue weighted by Gasteiger charge is -2.18. The molecule has 2 N–H and O–H groups in total. The zero-order valence-electron chi connectivity index (χ0n) is 10.8. The smallest absolute Gasteiger partial charge is 0.341 e. The van der Waals surface area contributed by atoms with Crippen LogP contribution in [-0.2, 0) is 4.74 Å². The highest BCUT2D eigenvalue weighted by atomic mass is 35.5. The molecule has 6 heteroatoms. The lowest BCUT2D eigenvalue weighted by Crippen LogP contribution is -2.19. The fourth-order valence-corrected chi connectivity index (χ4v) is 1.89. The van der Waals surface area contributed by atoms with Gasteiger partial charge in [-0.1, -0.05) is 6.07 Å². The molecule has 19 heavy (non-hydrogen) atoms. The van der Waals surface area contributed by atoms with Gasteiger partial charge in [-0.3, -0.25) is 0 Å². The minimum Gasteiger partial charge on any atom is -0.496 e. The molecule has 0 aliphatic carbocycles. The number of hydrogen-bond donors (Lipinski definition) is 2. The Kier molecular flexibility index (Phi) is 6.08. The summed E-state index contributed by atoms with van der Waals surface area (Å²) in [5.41, 5.74) is 0.704. The van der Waals surface area contributed by atoms with Crippen LogP contribution in [0.1, 0.15) is 28.4 Å². The Morgan fingerprint density at radius 1 is 1.37 bits per heavy atom. The maximum atomic E-state index is 11.5. The van der Waals surface area contributed by atoms with Crippen LogP contribution < -0.4 is 4.74 Å². The van der Waals surface area contributed by atoms with Gasteiger partial charge in [0.25, 0.3) is 0 Å². The van der Waals surface area contributed by atoms with Gasteiger partial charge in [0, 0.05) is 5.88 Å². The average molecular weight is 289 g/mol. The normalized spacial score (nSPS) is 13.7. The molecule has 0 bridgehead atoms. The Morgan fingerprint density at radius 3 is 2.58 bits per heavy atom. The standard InChI is InChI=1S/C13H17ClO5/c1-18-11-7-8(12(16)10(15)5-6-14)3-4-9(11)13(17)19-2/h3-4,7,10,12,15-16H,5-6H2,1-2H3. The lowest BCUT2D eigenvalue weighted by atomic mass is 10.0. The highest BCUT2D eigenvalue weighted by Crippen LogP contribution is 2.27. The first-order valence-corrected chi connectivity index (χ1v) is 6.27. The molecule has 2 unspecified atom stereocenters. The van der Waals surface area contributed by atoms with Crippen molar-refractivity contribution in [3.05, 3.63) is 29.3 Å². The lowest BCUT2D eigenvalue weighted by molar-refractivity contribution is 0.0169. The number of halogens is 1. The van der Waals surface area contributed by atoms with Crippen LogP contribution in [0.15, 0.2) is 18.2 Å². The number of aliphatic hydroxyl groups is 2.